The number of hydroxylamine groups is 2. The standard InChI is InChI=1S/C11H13FN2O3/c1-14(17-2)10(15)7-13-11(16)8-4-3-5-9(12)6-8/h3-6H,7H2,1-2H3,(H,13,16). The Balaban J connectivity index is 2.53. The first-order chi connectivity index (χ1) is 8.04. The number of nitrogens with one attached hydrogen (secondary N) is 1. The minimum absolute atomic E-state index is 0.165. The maximum absolute atomic E-state index is 12.8. The van der Waals surface area contributed by atoms with E-state index in [4.69, 9.17) is 0 Å². The van der Waals surface area contributed by atoms with Gasteiger partial charge in [0.15, 0.2) is 0 Å². The van der Waals surface area contributed by atoms with Gasteiger partial charge in [0.2, 0.25) is 0 Å². The van der Waals surface area contributed by atoms with Crippen LogP contribution in [0.3, 0.4) is 0 Å². The molecule has 6 heteroatoms. The molecule has 1 N–H and O–H groups in total. The number of halogens is 1. The monoisotopic (exact) mass is 240 g/mol. The predicted molar refractivity (Wildman–Crippen MR) is 58.5 cm³/mol. The molecule has 2 amide bonds. The zero-order chi connectivity index (χ0) is 12.8. The fourth-order valence-corrected chi connectivity index (χ4v) is 1.10. The van der Waals surface area contributed by atoms with Crippen molar-refractivity contribution >= 4 is 11.8 Å². The SMILES string of the molecule is CON(C)C(=O)CNC(=O)c1cccc(F)c1. The third-order valence-electron chi connectivity index (χ3n) is 2.11. The summed E-state index contributed by atoms with van der Waals surface area (Å²) in [5, 5.41) is 3.36. The van der Waals surface area contributed by atoms with Crippen LogP contribution in [0.25, 0.3) is 0 Å². The minimum Gasteiger partial charge on any atom is -0.343 e. The van der Waals surface area contributed by atoms with E-state index in [1.807, 2.05) is 0 Å². The molecule has 17 heavy (non-hydrogen) atoms. The molecule has 0 saturated heterocycles. The second-order valence-corrected chi connectivity index (χ2v) is 3.27. The molecule has 0 spiro atoms. The molecule has 0 bridgehead atoms. The van der Waals surface area contributed by atoms with Gasteiger partial charge in [0.1, 0.15) is 5.82 Å². The van der Waals surface area contributed by atoms with Gasteiger partial charge in [0.25, 0.3) is 11.8 Å². The van der Waals surface area contributed by atoms with Gasteiger partial charge in [-0.15, -0.1) is 0 Å². The second-order valence-electron chi connectivity index (χ2n) is 3.27. The molecule has 5 nitrogen and oxygen atoms in total. The molecule has 1 aromatic rings. The third-order valence-corrected chi connectivity index (χ3v) is 2.11. The summed E-state index contributed by atoms with van der Waals surface area (Å²) in [7, 11) is 2.77. The van der Waals surface area contributed by atoms with Crippen molar-refractivity contribution in [3.8, 4) is 0 Å². The van der Waals surface area contributed by atoms with Gasteiger partial charge in [-0.2, -0.15) is 0 Å². The lowest BCUT2D eigenvalue weighted by atomic mass is 10.2. The Bertz CT molecular complexity index is 423. The van der Waals surface area contributed by atoms with Crippen molar-refractivity contribution in [2.24, 2.45) is 0 Å². The predicted octanol–water partition coefficient (Wildman–Crippen LogP) is 0.575. The molecular weight excluding hydrogens is 227 g/mol. The molecular formula is C11H13FN2O3. The largest absolute Gasteiger partial charge is 0.343 e. The lowest BCUT2D eigenvalue weighted by Gasteiger charge is -2.13. The van der Waals surface area contributed by atoms with Gasteiger partial charge in [-0.1, -0.05) is 6.07 Å². The van der Waals surface area contributed by atoms with Crippen LogP contribution >= 0.6 is 0 Å². The van der Waals surface area contributed by atoms with E-state index in [1.54, 1.807) is 0 Å². The van der Waals surface area contributed by atoms with Gasteiger partial charge in [0.05, 0.1) is 13.7 Å². The van der Waals surface area contributed by atoms with Crippen LogP contribution < -0.4 is 5.32 Å². The van der Waals surface area contributed by atoms with E-state index in [0.29, 0.717) is 0 Å². The van der Waals surface area contributed by atoms with Gasteiger partial charge in [-0.25, -0.2) is 9.45 Å². The van der Waals surface area contributed by atoms with Crippen molar-refractivity contribution < 1.29 is 18.8 Å². The number of carbonyl (C=O) groups is 2. The summed E-state index contributed by atoms with van der Waals surface area (Å²) in [5.41, 5.74) is 0.165. The topological polar surface area (TPSA) is 58.6 Å². The van der Waals surface area contributed by atoms with Gasteiger partial charge >= 0.3 is 0 Å². The lowest BCUT2D eigenvalue weighted by Crippen LogP contribution is -2.37. The van der Waals surface area contributed by atoms with Crippen molar-refractivity contribution in [2.75, 3.05) is 20.7 Å². The summed E-state index contributed by atoms with van der Waals surface area (Å²) in [6.07, 6.45) is 0. The molecule has 0 radical (unpaired) electrons. The quantitative estimate of drug-likeness (QED) is 0.783. The summed E-state index contributed by atoms with van der Waals surface area (Å²) >= 11 is 0. The van der Waals surface area contributed by atoms with Crippen molar-refractivity contribution in [3.63, 3.8) is 0 Å². The van der Waals surface area contributed by atoms with Crippen molar-refractivity contribution in [1.82, 2.24) is 10.4 Å². The van der Waals surface area contributed by atoms with Crippen LogP contribution in [-0.4, -0.2) is 37.6 Å². The fraction of sp³-hybridized carbons (Fsp3) is 0.273. The first-order valence-electron chi connectivity index (χ1n) is 4.89. The second kappa shape index (κ2) is 5.95. The Morgan fingerprint density at radius 1 is 1.47 bits per heavy atom. The molecule has 0 heterocycles. The Hall–Kier alpha value is -1.95. The maximum Gasteiger partial charge on any atom is 0.265 e. The maximum atomic E-state index is 12.8. The van der Waals surface area contributed by atoms with Gasteiger partial charge < -0.3 is 5.32 Å². The molecule has 0 unspecified atom stereocenters. The highest BCUT2D eigenvalue weighted by Gasteiger charge is 2.11. The molecule has 0 aliphatic carbocycles. The van der Waals surface area contributed by atoms with E-state index in [0.717, 1.165) is 11.1 Å². The number of rotatable bonds is 4. The summed E-state index contributed by atoms with van der Waals surface area (Å²) in [5.74, 6) is -1.42. The number of hydrogen-bond donors (Lipinski definition) is 1. The number of amides is 2. The molecule has 0 fully saturated rings. The van der Waals surface area contributed by atoms with E-state index < -0.39 is 17.6 Å². The first-order valence-corrected chi connectivity index (χ1v) is 4.89. The number of nitrogens with zero attached hydrogens (tertiary/aromatic N) is 1. The smallest absolute Gasteiger partial charge is 0.265 e. The molecule has 0 saturated carbocycles. The van der Waals surface area contributed by atoms with Gasteiger partial charge in [0, 0.05) is 12.6 Å². The molecule has 1 aromatic carbocycles. The molecule has 92 valence electrons. The van der Waals surface area contributed by atoms with Crippen LogP contribution in [0.1, 0.15) is 10.4 Å². The average Bonchev–Trinajstić information content (AvgIpc) is 2.34. The number of benzene rings is 1. The zero-order valence-corrected chi connectivity index (χ0v) is 9.57. The van der Waals surface area contributed by atoms with E-state index in [9.17, 15) is 14.0 Å². The van der Waals surface area contributed by atoms with Crippen molar-refractivity contribution in [2.45, 2.75) is 0 Å². The van der Waals surface area contributed by atoms with E-state index in [-0.39, 0.29) is 12.1 Å². The third kappa shape index (κ3) is 3.84. The van der Waals surface area contributed by atoms with Crippen LogP contribution in [0.5, 0.6) is 0 Å². The van der Waals surface area contributed by atoms with Crippen molar-refractivity contribution in [3.05, 3.63) is 35.6 Å². The van der Waals surface area contributed by atoms with Crippen LogP contribution in [0.2, 0.25) is 0 Å². The van der Waals surface area contributed by atoms with Crippen LogP contribution in [0.4, 0.5) is 4.39 Å². The minimum atomic E-state index is -0.512. The Morgan fingerprint density at radius 2 is 2.18 bits per heavy atom. The summed E-state index contributed by atoms with van der Waals surface area (Å²) in [4.78, 5) is 27.5. The van der Waals surface area contributed by atoms with Gasteiger partial charge in [-0.05, 0) is 18.2 Å². The highest BCUT2D eigenvalue weighted by molar-refractivity contribution is 5.96. The van der Waals surface area contributed by atoms with Crippen LogP contribution in [-0.2, 0) is 9.63 Å². The number of likely N-dealkylation sites (N-methyl/N-ethyl adjacent to an activating group) is 1. The molecule has 0 aliphatic heterocycles. The van der Waals surface area contributed by atoms with E-state index >= 15 is 0 Å². The molecule has 1 rings (SSSR count). The van der Waals surface area contributed by atoms with E-state index in [1.165, 1.54) is 32.4 Å². The highest BCUT2D eigenvalue weighted by Crippen LogP contribution is 2.02. The van der Waals surface area contributed by atoms with Crippen LogP contribution in [0, 0.1) is 5.82 Å². The van der Waals surface area contributed by atoms with Gasteiger partial charge in [-0.3, -0.25) is 14.4 Å². The molecule has 0 aliphatic rings. The fourth-order valence-electron chi connectivity index (χ4n) is 1.10. The lowest BCUT2D eigenvalue weighted by molar-refractivity contribution is -0.167. The first kappa shape index (κ1) is 13.1. The summed E-state index contributed by atoms with van der Waals surface area (Å²) in [6, 6.07) is 5.22. The number of carbonyl (C=O) groups excluding carboxylic acids is 2. The van der Waals surface area contributed by atoms with Crippen LogP contribution in [0.15, 0.2) is 24.3 Å². The normalized spacial score (nSPS) is 9.82. The van der Waals surface area contributed by atoms with Crippen molar-refractivity contribution in [1.29, 1.82) is 0 Å². The summed E-state index contributed by atoms with van der Waals surface area (Å²) < 4.78 is 12.8. The highest BCUT2D eigenvalue weighted by atomic mass is 19.1. The van der Waals surface area contributed by atoms with E-state index in [2.05, 4.69) is 10.2 Å². The summed E-state index contributed by atoms with van der Waals surface area (Å²) in [6.45, 7) is -0.209. The molecule has 0 atom stereocenters. The Kier molecular flexibility index (Phi) is 4.59. The average molecular weight is 240 g/mol. The Labute approximate surface area is 98.1 Å². The molecule has 0 aromatic heterocycles. The zero-order valence-electron chi connectivity index (χ0n) is 9.57. The number of hydrogen-bond acceptors (Lipinski definition) is 3. The Morgan fingerprint density at radius 3 is 2.76 bits per heavy atom.